The van der Waals surface area contributed by atoms with Crippen LogP contribution in [0.4, 0.5) is 4.79 Å². The van der Waals surface area contributed by atoms with Crippen LogP contribution in [0.5, 0.6) is 0 Å². The highest BCUT2D eigenvalue weighted by atomic mass is 32.1. The number of aryl methyl sites for hydroxylation is 1. The molecule has 1 atom stereocenters. The van der Waals surface area contributed by atoms with E-state index in [1.165, 1.54) is 4.90 Å². The second-order valence-corrected chi connectivity index (χ2v) is 9.94. The third kappa shape index (κ3) is 6.17. The summed E-state index contributed by atoms with van der Waals surface area (Å²) in [5.41, 5.74) is 2.67. The molecule has 3 amide bonds. The Hall–Kier alpha value is -2.71. The number of rotatable bonds is 7. The minimum atomic E-state index is -0.409. The molecule has 32 heavy (non-hydrogen) atoms. The largest absolute Gasteiger partial charge is 0.383 e. The number of benzene rings is 1. The minimum absolute atomic E-state index is 0.0745. The van der Waals surface area contributed by atoms with E-state index in [2.05, 4.69) is 5.32 Å². The Balaban J connectivity index is 1.84. The highest BCUT2D eigenvalue weighted by Gasteiger charge is 2.35. The summed E-state index contributed by atoms with van der Waals surface area (Å²) in [6.45, 7) is 8.35. The van der Waals surface area contributed by atoms with Gasteiger partial charge in [-0.25, -0.2) is 9.80 Å². The second kappa shape index (κ2) is 10.3. The fourth-order valence-electron chi connectivity index (χ4n) is 3.47. The Morgan fingerprint density at radius 3 is 2.56 bits per heavy atom. The number of hydrazone groups is 1. The normalized spacial score (nSPS) is 16.1. The molecule has 3 rings (SSSR count). The van der Waals surface area contributed by atoms with E-state index in [1.807, 2.05) is 69.5 Å². The summed E-state index contributed by atoms with van der Waals surface area (Å²) in [5, 5.41) is 11.2. The van der Waals surface area contributed by atoms with Crippen molar-refractivity contribution in [3.8, 4) is 0 Å². The fourth-order valence-corrected chi connectivity index (χ4v) is 4.19. The quantitative estimate of drug-likeness (QED) is 0.679. The number of ether oxygens (including phenoxy) is 1. The van der Waals surface area contributed by atoms with Crippen LogP contribution in [0.2, 0.25) is 0 Å². The van der Waals surface area contributed by atoms with Crippen LogP contribution in [-0.2, 0) is 9.53 Å². The number of hydrogen-bond donors (Lipinski definition) is 1. The lowest BCUT2D eigenvalue weighted by molar-refractivity contribution is -0.133. The van der Waals surface area contributed by atoms with Gasteiger partial charge in [0.2, 0.25) is 0 Å². The molecular formula is C24H32N4O3S. The van der Waals surface area contributed by atoms with Gasteiger partial charge in [0, 0.05) is 25.6 Å². The SMILES string of the molecule is COCCN(CC(=O)N1N=C(c2cccs2)CC1c1ccc(C)cc1)C(=O)NC(C)(C)C. The van der Waals surface area contributed by atoms with E-state index >= 15 is 0 Å². The average Bonchev–Trinajstić information content (AvgIpc) is 3.40. The molecule has 1 aliphatic rings. The number of nitrogens with zero attached hydrogens (tertiary/aromatic N) is 3. The number of nitrogens with one attached hydrogen (secondary N) is 1. The molecule has 8 heteroatoms. The van der Waals surface area contributed by atoms with Gasteiger partial charge < -0.3 is 15.0 Å². The van der Waals surface area contributed by atoms with Crippen LogP contribution in [0.15, 0.2) is 46.9 Å². The number of thiophene rings is 1. The number of amides is 3. The molecule has 0 saturated heterocycles. The molecule has 0 spiro atoms. The first-order valence-corrected chi connectivity index (χ1v) is 11.6. The fraction of sp³-hybridized carbons (Fsp3) is 0.458. The minimum Gasteiger partial charge on any atom is -0.383 e. The third-order valence-corrected chi connectivity index (χ3v) is 6.01. The van der Waals surface area contributed by atoms with E-state index in [1.54, 1.807) is 23.5 Å². The Morgan fingerprint density at radius 2 is 1.97 bits per heavy atom. The lowest BCUT2D eigenvalue weighted by Crippen LogP contribution is -2.52. The monoisotopic (exact) mass is 456 g/mol. The molecule has 1 aliphatic heterocycles. The van der Waals surface area contributed by atoms with Crippen molar-refractivity contribution in [3.63, 3.8) is 0 Å². The first kappa shape index (κ1) is 23.9. The zero-order valence-electron chi connectivity index (χ0n) is 19.4. The maximum Gasteiger partial charge on any atom is 0.318 e. The van der Waals surface area contributed by atoms with Gasteiger partial charge in [-0.2, -0.15) is 5.10 Å². The van der Waals surface area contributed by atoms with Gasteiger partial charge in [0.25, 0.3) is 5.91 Å². The van der Waals surface area contributed by atoms with E-state index in [9.17, 15) is 9.59 Å². The number of methoxy groups -OCH3 is 1. The average molecular weight is 457 g/mol. The lowest BCUT2D eigenvalue weighted by atomic mass is 10.00. The van der Waals surface area contributed by atoms with Gasteiger partial charge in [0.15, 0.2) is 0 Å². The molecule has 2 heterocycles. The molecular weight excluding hydrogens is 424 g/mol. The molecule has 0 aliphatic carbocycles. The van der Waals surface area contributed by atoms with Gasteiger partial charge in [-0.15, -0.1) is 11.3 Å². The predicted molar refractivity (Wildman–Crippen MR) is 128 cm³/mol. The molecule has 1 unspecified atom stereocenters. The molecule has 0 fully saturated rings. The van der Waals surface area contributed by atoms with Crippen LogP contribution < -0.4 is 5.32 Å². The summed E-state index contributed by atoms with van der Waals surface area (Å²) < 4.78 is 5.15. The highest BCUT2D eigenvalue weighted by molar-refractivity contribution is 7.12. The Bertz CT molecular complexity index is 949. The highest BCUT2D eigenvalue weighted by Crippen LogP contribution is 2.34. The van der Waals surface area contributed by atoms with Crippen molar-refractivity contribution in [2.24, 2.45) is 5.10 Å². The Kier molecular flexibility index (Phi) is 7.69. The van der Waals surface area contributed by atoms with E-state index in [-0.39, 0.29) is 24.5 Å². The number of carbonyl (C=O) groups excluding carboxylic acids is 2. The van der Waals surface area contributed by atoms with Gasteiger partial charge in [-0.05, 0) is 44.7 Å². The molecule has 0 radical (unpaired) electrons. The lowest BCUT2D eigenvalue weighted by Gasteiger charge is -2.30. The number of urea groups is 1. The molecule has 1 aromatic heterocycles. The van der Waals surface area contributed by atoms with Gasteiger partial charge in [-0.1, -0.05) is 35.9 Å². The van der Waals surface area contributed by atoms with Crippen LogP contribution in [0.25, 0.3) is 0 Å². The summed E-state index contributed by atoms with van der Waals surface area (Å²) in [6, 6.07) is 11.7. The summed E-state index contributed by atoms with van der Waals surface area (Å²) in [5.74, 6) is -0.220. The maximum atomic E-state index is 13.4. The van der Waals surface area contributed by atoms with Gasteiger partial charge in [0.05, 0.1) is 23.2 Å². The number of hydrogen-bond acceptors (Lipinski definition) is 5. The standard InChI is InChI=1S/C24H32N4O3S/c1-17-8-10-18(11-9-17)20-15-19(21-7-6-14-32-21)26-28(20)22(29)16-27(12-13-31-5)23(30)25-24(2,3)4/h6-11,14,20H,12-13,15-16H2,1-5H3,(H,25,30). The topological polar surface area (TPSA) is 74.2 Å². The van der Waals surface area contributed by atoms with E-state index in [0.29, 0.717) is 19.6 Å². The smallest absolute Gasteiger partial charge is 0.318 e. The molecule has 172 valence electrons. The Labute approximate surface area is 194 Å². The predicted octanol–water partition coefficient (Wildman–Crippen LogP) is 4.19. The summed E-state index contributed by atoms with van der Waals surface area (Å²) >= 11 is 1.61. The van der Waals surface area contributed by atoms with Crippen molar-refractivity contribution >= 4 is 29.0 Å². The van der Waals surface area contributed by atoms with Crippen LogP contribution in [0.3, 0.4) is 0 Å². The van der Waals surface area contributed by atoms with Crippen molar-refractivity contribution < 1.29 is 14.3 Å². The van der Waals surface area contributed by atoms with E-state index in [4.69, 9.17) is 9.84 Å². The van der Waals surface area contributed by atoms with Crippen molar-refractivity contribution in [1.29, 1.82) is 0 Å². The van der Waals surface area contributed by atoms with Gasteiger partial charge in [-0.3, -0.25) is 4.79 Å². The summed E-state index contributed by atoms with van der Waals surface area (Å²) in [7, 11) is 1.58. The van der Waals surface area contributed by atoms with E-state index in [0.717, 1.165) is 21.7 Å². The maximum absolute atomic E-state index is 13.4. The number of carbonyl (C=O) groups is 2. The van der Waals surface area contributed by atoms with Crippen LogP contribution in [0, 0.1) is 6.92 Å². The molecule has 0 saturated carbocycles. The van der Waals surface area contributed by atoms with Crippen LogP contribution in [0.1, 0.15) is 49.2 Å². The van der Waals surface area contributed by atoms with Gasteiger partial charge in [0.1, 0.15) is 6.54 Å². The van der Waals surface area contributed by atoms with E-state index < -0.39 is 5.54 Å². The molecule has 2 aromatic rings. The second-order valence-electron chi connectivity index (χ2n) is 8.99. The zero-order valence-corrected chi connectivity index (χ0v) is 20.2. The molecule has 7 nitrogen and oxygen atoms in total. The van der Waals surface area contributed by atoms with Crippen LogP contribution in [-0.4, -0.2) is 59.9 Å². The van der Waals surface area contributed by atoms with Crippen molar-refractivity contribution in [2.45, 2.75) is 45.7 Å². The Morgan fingerprint density at radius 1 is 1.25 bits per heavy atom. The summed E-state index contributed by atoms with van der Waals surface area (Å²) in [4.78, 5) is 28.8. The molecule has 1 N–H and O–H groups in total. The van der Waals surface area contributed by atoms with Gasteiger partial charge >= 0.3 is 6.03 Å². The van der Waals surface area contributed by atoms with Crippen molar-refractivity contribution in [2.75, 3.05) is 26.8 Å². The van der Waals surface area contributed by atoms with Crippen molar-refractivity contribution in [3.05, 3.63) is 57.8 Å². The zero-order chi connectivity index (χ0) is 23.3. The molecule has 0 bridgehead atoms. The van der Waals surface area contributed by atoms with Crippen LogP contribution >= 0.6 is 11.3 Å². The first-order chi connectivity index (χ1) is 15.2. The first-order valence-electron chi connectivity index (χ1n) is 10.7. The molecule has 1 aromatic carbocycles. The van der Waals surface area contributed by atoms with Crippen molar-refractivity contribution in [1.82, 2.24) is 15.2 Å². The third-order valence-electron chi connectivity index (χ3n) is 5.09. The summed E-state index contributed by atoms with van der Waals surface area (Å²) in [6.07, 6.45) is 0.640.